The molecule has 1 fully saturated rings. The highest BCUT2D eigenvalue weighted by Crippen LogP contribution is 2.20. The molecule has 0 saturated heterocycles. The Kier molecular flexibility index (Phi) is 3.76. The number of nitrogens with zero attached hydrogens (tertiary/aromatic N) is 1. The van der Waals surface area contributed by atoms with Crippen LogP contribution >= 0.6 is 0 Å². The van der Waals surface area contributed by atoms with Crippen molar-refractivity contribution in [2.24, 2.45) is 4.99 Å². The van der Waals surface area contributed by atoms with E-state index in [1.54, 1.807) is 0 Å². The first-order valence-electron chi connectivity index (χ1n) is 6.36. The third-order valence-corrected chi connectivity index (χ3v) is 3.43. The second kappa shape index (κ2) is 5.29. The Labute approximate surface area is 98.6 Å². The highest BCUT2D eigenvalue weighted by atomic mass is 14.8. The molecule has 1 saturated carbocycles. The molecule has 1 aliphatic carbocycles. The molecular weight excluding hydrogens is 194 g/mol. The molecule has 0 aliphatic heterocycles. The topological polar surface area (TPSA) is 12.4 Å². The molecule has 1 aromatic carbocycles. The van der Waals surface area contributed by atoms with Gasteiger partial charge in [-0.05, 0) is 37.8 Å². The molecular formula is C15H21N. The minimum atomic E-state index is 0.577. The summed E-state index contributed by atoms with van der Waals surface area (Å²) in [5, 5.41) is 0. The van der Waals surface area contributed by atoms with Crippen LogP contribution < -0.4 is 0 Å². The molecule has 0 aromatic heterocycles. The molecule has 0 unspecified atom stereocenters. The Balaban J connectivity index is 2.07. The van der Waals surface area contributed by atoms with Crippen LogP contribution in [0.25, 0.3) is 0 Å². The van der Waals surface area contributed by atoms with Crippen LogP contribution in [0.1, 0.15) is 48.8 Å². The second-order valence-corrected chi connectivity index (χ2v) is 4.93. The highest BCUT2D eigenvalue weighted by Gasteiger charge is 2.10. The van der Waals surface area contributed by atoms with Crippen LogP contribution in [0.2, 0.25) is 0 Å². The van der Waals surface area contributed by atoms with Gasteiger partial charge in [0.15, 0.2) is 0 Å². The Morgan fingerprint density at radius 2 is 1.88 bits per heavy atom. The van der Waals surface area contributed by atoms with Gasteiger partial charge < -0.3 is 0 Å². The predicted octanol–water partition coefficient (Wildman–Crippen LogP) is 4.06. The molecule has 0 bridgehead atoms. The number of aliphatic imine (C=N–C) groups is 1. The van der Waals surface area contributed by atoms with E-state index in [-0.39, 0.29) is 0 Å². The quantitative estimate of drug-likeness (QED) is 0.660. The van der Waals surface area contributed by atoms with Gasteiger partial charge >= 0.3 is 0 Å². The van der Waals surface area contributed by atoms with E-state index in [0.717, 1.165) is 0 Å². The highest BCUT2D eigenvalue weighted by molar-refractivity contribution is 5.82. The van der Waals surface area contributed by atoms with E-state index in [2.05, 4.69) is 38.3 Å². The Morgan fingerprint density at radius 3 is 2.62 bits per heavy atom. The van der Waals surface area contributed by atoms with Gasteiger partial charge in [0.25, 0.3) is 0 Å². The SMILES string of the molecule is Cc1ccc(C)c(C=NC2CCCCC2)c1. The number of rotatable bonds is 2. The lowest BCUT2D eigenvalue weighted by atomic mass is 9.96. The summed E-state index contributed by atoms with van der Waals surface area (Å²) in [7, 11) is 0. The number of aryl methyl sites for hydroxylation is 2. The molecule has 0 spiro atoms. The summed E-state index contributed by atoms with van der Waals surface area (Å²) in [6.45, 7) is 4.29. The van der Waals surface area contributed by atoms with Crippen LogP contribution in [0.15, 0.2) is 23.2 Å². The molecule has 1 aromatic rings. The Morgan fingerprint density at radius 1 is 1.12 bits per heavy atom. The fraction of sp³-hybridized carbons (Fsp3) is 0.533. The summed E-state index contributed by atoms with van der Waals surface area (Å²) in [6, 6.07) is 7.14. The average Bonchev–Trinajstić information content (AvgIpc) is 2.32. The Bertz CT molecular complexity index is 373. The fourth-order valence-corrected chi connectivity index (χ4v) is 2.31. The molecule has 2 rings (SSSR count). The van der Waals surface area contributed by atoms with Crippen molar-refractivity contribution >= 4 is 6.21 Å². The molecule has 1 aliphatic rings. The van der Waals surface area contributed by atoms with Crippen molar-refractivity contribution in [1.82, 2.24) is 0 Å². The largest absolute Gasteiger partial charge is 0.289 e. The lowest BCUT2D eigenvalue weighted by molar-refractivity contribution is 0.444. The third kappa shape index (κ3) is 2.94. The monoisotopic (exact) mass is 215 g/mol. The standard InChI is InChI=1S/C15H21N/c1-12-8-9-13(2)14(10-12)11-16-15-6-4-3-5-7-15/h8-11,15H,3-7H2,1-2H3. The summed E-state index contributed by atoms with van der Waals surface area (Å²) >= 11 is 0. The van der Waals surface area contributed by atoms with Crippen LogP contribution in [0.4, 0.5) is 0 Å². The van der Waals surface area contributed by atoms with Crippen molar-refractivity contribution in [1.29, 1.82) is 0 Å². The number of benzene rings is 1. The molecule has 16 heavy (non-hydrogen) atoms. The molecule has 0 N–H and O–H groups in total. The van der Waals surface area contributed by atoms with E-state index >= 15 is 0 Å². The van der Waals surface area contributed by atoms with E-state index in [9.17, 15) is 0 Å². The Hall–Kier alpha value is -1.11. The van der Waals surface area contributed by atoms with Crippen LogP contribution in [-0.4, -0.2) is 12.3 Å². The summed E-state index contributed by atoms with van der Waals surface area (Å²) in [5.74, 6) is 0. The van der Waals surface area contributed by atoms with Gasteiger partial charge in [-0.25, -0.2) is 0 Å². The summed E-state index contributed by atoms with van der Waals surface area (Å²) in [5.41, 5.74) is 3.92. The number of hydrogen-bond donors (Lipinski definition) is 0. The predicted molar refractivity (Wildman–Crippen MR) is 70.4 cm³/mol. The zero-order valence-electron chi connectivity index (χ0n) is 10.4. The van der Waals surface area contributed by atoms with Gasteiger partial charge in [0.05, 0.1) is 0 Å². The summed E-state index contributed by atoms with van der Waals surface area (Å²) in [4.78, 5) is 4.73. The average molecular weight is 215 g/mol. The molecule has 0 atom stereocenters. The van der Waals surface area contributed by atoms with Gasteiger partial charge in [-0.2, -0.15) is 0 Å². The van der Waals surface area contributed by atoms with E-state index in [0.29, 0.717) is 6.04 Å². The van der Waals surface area contributed by atoms with Crippen LogP contribution in [0.3, 0.4) is 0 Å². The van der Waals surface area contributed by atoms with Crippen LogP contribution in [0.5, 0.6) is 0 Å². The first-order chi connectivity index (χ1) is 7.75. The molecule has 86 valence electrons. The normalized spacial score (nSPS) is 18.1. The van der Waals surface area contributed by atoms with Crippen molar-refractivity contribution in [3.8, 4) is 0 Å². The maximum Gasteiger partial charge on any atom is 0.0499 e. The molecule has 0 heterocycles. The van der Waals surface area contributed by atoms with Crippen molar-refractivity contribution in [3.63, 3.8) is 0 Å². The van der Waals surface area contributed by atoms with E-state index in [1.807, 2.05) is 0 Å². The van der Waals surface area contributed by atoms with Crippen molar-refractivity contribution in [2.45, 2.75) is 52.0 Å². The van der Waals surface area contributed by atoms with Gasteiger partial charge in [0, 0.05) is 12.3 Å². The van der Waals surface area contributed by atoms with E-state index in [4.69, 9.17) is 4.99 Å². The van der Waals surface area contributed by atoms with Crippen molar-refractivity contribution in [2.75, 3.05) is 0 Å². The molecule has 0 radical (unpaired) electrons. The molecule has 1 heteroatoms. The maximum absolute atomic E-state index is 4.73. The summed E-state index contributed by atoms with van der Waals surface area (Å²) < 4.78 is 0. The third-order valence-electron chi connectivity index (χ3n) is 3.43. The zero-order valence-corrected chi connectivity index (χ0v) is 10.4. The van der Waals surface area contributed by atoms with Gasteiger partial charge in [0.1, 0.15) is 0 Å². The van der Waals surface area contributed by atoms with Gasteiger partial charge in [-0.1, -0.05) is 43.0 Å². The van der Waals surface area contributed by atoms with Gasteiger partial charge in [0.2, 0.25) is 0 Å². The first kappa shape index (κ1) is 11.4. The minimum absolute atomic E-state index is 0.577. The van der Waals surface area contributed by atoms with Crippen molar-refractivity contribution in [3.05, 3.63) is 34.9 Å². The maximum atomic E-state index is 4.73. The lowest BCUT2D eigenvalue weighted by Crippen LogP contribution is -2.09. The van der Waals surface area contributed by atoms with Gasteiger partial charge in [-0.15, -0.1) is 0 Å². The molecule has 1 nitrogen and oxygen atoms in total. The first-order valence-corrected chi connectivity index (χ1v) is 6.36. The lowest BCUT2D eigenvalue weighted by Gasteiger charge is -2.17. The summed E-state index contributed by atoms with van der Waals surface area (Å²) in [6.07, 6.45) is 8.75. The van der Waals surface area contributed by atoms with Crippen LogP contribution in [-0.2, 0) is 0 Å². The van der Waals surface area contributed by atoms with Crippen LogP contribution in [0, 0.1) is 13.8 Å². The fourth-order valence-electron chi connectivity index (χ4n) is 2.31. The van der Waals surface area contributed by atoms with Gasteiger partial charge in [-0.3, -0.25) is 4.99 Å². The minimum Gasteiger partial charge on any atom is -0.289 e. The second-order valence-electron chi connectivity index (χ2n) is 4.93. The zero-order chi connectivity index (χ0) is 11.4. The number of hydrogen-bond acceptors (Lipinski definition) is 1. The van der Waals surface area contributed by atoms with E-state index < -0.39 is 0 Å². The van der Waals surface area contributed by atoms with Crippen molar-refractivity contribution < 1.29 is 0 Å². The van der Waals surface area contributed by atoms with E-state index in [1.165, 1.54) is 48.8 Å². The molecule has 0 amide bonds. The smallest absolute Gasteiger partial charge is 0.0499 e.